The van der Waals surface area contributed by atoms with E-state index in [2.05, 4.69) is 34.1 Å². The molecule has 32 heavy (non-hydrogen) atoms. The zero-order valence-electron chi connectivity index (χ0n) is 18.9. The smallest absolute Gasteiger partial charge is 0.247 e. The first-order valence-corrected chi connectivity index (χ1v) is 11.9. The molecule has 0 unspecified atom stereocenters. The van der Waals surface area contributed by atoms with Crippen LogP contribution in [0, 0.1) is 12.8 Å². The summed E-state index contributed by atoms with van der Waals surface area (Å²) in [6, 6.07) is 14.3. The van der Waals surface area contributed by atoms with Crippen molar-refractivity contribution in [1.29, 1.82) is 0 Å². The second-order valence-corrected chi connectivity index (χ2v) is 9.51. The second-order valence-electron chi connectivity index (χ2n) is 9.51. The third-order valence-corrected chi connectivity index (χ3v) is 7.62. The molecule has 6 heteroatoms. The lowest BCUT2D eigenvalue weighted by atomic mass is 9.80. The zero-order chi connectivity index (χ0) is 22.1. The van der Waals surface area contributed by atoms with Gasteiger partial charge in [0.1, 0.15) is 5.54 Å². The number of likely N-dealkylation sites (tertiary alicyclic amines) is 1. The summed E-state index contributed by atoms with van der Waals surface area (Å²) >= 11 is 0. The molecule has 0 radical (unpaired) electrons. The predicted molar refractivity (Wildman–Crippen MR) is 124 cm³/mol. The van der Waals surface area contributed by atoms with Crippen molar-refractivity contribution in [2.45, 2.75) is 51.1 Å². The standard InChI is InChI=1S/C26H32N4O2/c1-20-10-11-23(18-27-20)30-17-16-29(19-21-6-3-2-4-7-21)26(25(30)32)12-14-28(15-13-26)24(31)22-8-5-9-22/h2-4,6-7,10-11,18,22H,5,8-9,12-17,19H2,1H3. The van der Waals surface area contributed by atoms with Gasteiger partial charge >= 0.3 is 0 Å². The highest BCUT2D eigenvalue weighted by Crippen LogP contribution is 2.38. The van der Waals surface area contributed by atoms with Gasteiger partial charge in [0.15, 0.2) is 0 Å². The minimum Gasteiger partial charge on any atom is -0.342 e. The summed E-state index contributed by atoms with van der Waals surface area (Å²) in [4.78, 5) is 37.6. The Morgan fingerprint density at radius 2 is 1.78 bits per heavy atom. The molecule has 0 atom stereocenters. The summed E-state index contributed by atoms with van der Waals surface area (Å²) in [5, 5.41) is 0. The molecule has 2 aromatic rings. The Balaban J connectivity index is 1.40. The van der Waals surface area contributed by atoms with E-state index in [-0.39, 0.29) is 11.8 Å². The molecule has 1 aromatic heterocycles. The SMILES string of the molecule is Cc1ccc(N2CCN(Cc3ccccc3)C3(CCN(C(=O)C4CCC4)CC3)C2=O)cn1. The van der Waals surface area contributed by atoms with E-state index < -0.39 is 5.54 Å². The maximum absolute atomic E-state index is 14.0. The van der Waals surface area contributed by atoms with Crippen molar-refractivity contribution in [3.63, 3.8) is 0 Å². The molecule has 2 amide bonds. The van der Waals surface area contributed by atoms with Gasteiger partial charge in [0.05, 0.1) is 11.9 Å². The van der Waals surface area contributed by atoms with Crippen molar-refractivity contribution in [3.05, 3.63) is 59.9 Å². The Morgan fingerprint density at radius 3 is 2.41 bits per heavy atom. The maximum Gasteiger partial charge on any atom is 0.247 e. The number of benzene rings is 1. The fourth-order valence-corrected chi connectivity index (χ4v) is 5.36. The molecule has 3 fully saturated rings. The number of carbonyl (C=O) groups is 2. The van der Waals surface area contributed by atoms with Gasteiger partial charge in [-0.3, -0.25) is 19.5 Å². The normalized spacial score (nSPS) is 21.6. The molecule has 0 bridgehead atoms. The molecular weight excluding hydrogens is 400 g/mol. The monoisotopic (exact) mass is 432 g/mol. The van der Waals surface area contributed by atoms with Gasteiger partial charge in [-0.05, 0) is 50.3 Å². The van der Waals surface area contributed by atoms with Crippen LogP contribution in [0.4, 0.5) is 5.69 Å². The molecule has 1 spiro atoms. The number of piperidine rings is 1. The fourth-order valence-electron chi connectivity index (χ4n) is 5.36. The van der Waals surface area contributed by atoms with Crippen molar-refractivity contribution in [2.24, 2.45) is 5.92 Å². The van der Waals surface area contributed by atoms with Crippen LogP contribution in [-0.4, -0.2) is 58.3 Å². The topological polar surface area (TPSA) is 56.8 Å². The molecule has 5 rings (SSSR count). The van der Waals surface area contributed by atoms with Gasteiger partial charge in [0, 0.05) is 44.3 Å². The van der Waals surface area contributed by atoms with Crippen molar-refractivity contribution in [2.75, 3.05) is 31.1 Å². The van der Waals surface area contributed by atoms with E-state index in [4.69, 9.17) is 0 Å². The molecule has 2 saturated heterocycles. The number of hydrogen-bond donors (Lipinski definition) is 0. The van der Waals surface area contributed by atoms with Gasteiger partial charge in [0.25, 0.3) is 0 Å². The number of pyridine rings is 1. The summed E-state index contributed by atoms with van der Waals surface area (Å²) in [6.07, 6.45) is 6.39. The molecule has 3 aliphatic rings. The Morgan fingerprint density at radius 1 is 1.03 bits per heavy atom. The van der Waals surface area contributed by atoms with Crippen molar-refractivity contribution < 1.29 is 9.59 Å². The minimum absolute atomic E-state index is 0.154. The number of aryl methyl sites for hydroxylation is 1. The zero-order valence-corrected chi connectivity index (χ0v) is 18.9. The lowest BCUT2D eigenvalue weighted by molar-refractivity contribution is -0.147. The molecular formula is C26H32N4O2. The van der Waals surface area contributed by atoms with Gasteiger partial charge in [-0.25, -0.2) is 0 Å². The van der Waals surface area contributed by atoms with Crippen LogP contribution in [0.1, 0.15) is 43.4 Å². The van der Waals surface area contributed by atoms with Gasteiger partial charge < -0.3 is 9.80 Å². The van der Waals surface area contributed by atoms with Gasteiger partial charge in [-0.1, -0.05) is 36.8 Å². The average molecular weight is 433 g/mol. The third kappa shape index (κ3) is 3.81. The van der Waals surface area contributed by atoms with Crippen LogP contribution in [0.3, 0.4) is 0 Å². The first-order valence-electron chi connectivity index (χ1n) is 11.9. The van der Waals surface area contributed by atoms with Crippen LogP contribution in [0.2, 0.25) is 0 Å². The summed E-state index contributed by atoms with van der Waals surface area (Å²) in [5.41, 5.74) is 2.46. The number of hydrogen-bond acceptors (Lipinski definition) is 4. The Bertz CT molecular complexity index is 963. The summed E-state index contributed by atoms with van der Waals surface area (Å²) in [6.45, 7) is 5.50. The molecule has 1 aliphatic carbocycles. The van der Waals surface area contributed by atoms with Crippen molar-refractivity contribution in [3.8, 4) is 0 Å². The highest BCUT2D eigenvalue weighted by molar-refractivity contribution is 6.01. The highest BCUT2D eigenvalue weighted by Gasteiger charge is 2.51. The summed E-state index contributed by atoms with van der Waals surface area (Å²) in [5.74, 6) is 0.659. The van der Waals surface area contributed by atoms with Crippen LogP contribution in [-0.2, 0) is 16.1 Å². The molecule has 2 aliphatic heterocycles. The maximum atomic E-state index is 14.0. The predicted octanol–water partition coefficient (Wildman–Crippen LogP) is 3.40. The molecule has 3 heterocycles. The van der Waals surface area contributed by atoms with E-state index in [1.807, 2.05) is 41.1 Å². The van der Waals surface area contributed by atoms with E-state index in [1.54, 1.807) is 0 Å². The molecule has 6 nitrogen and oxygen atoms in total. The fraction of sp³-hybridized carbons (Fsp3) is 0.500. The van der Waals surface area contributed by atoms with E-state index in [0.717, 1.165) is 43.7 Å². The first kappa shape index (κ1) is 21.1. The Kier molecular flexibility index (Phi) is 5.72. The average Bonchev–Trinajstić information content (AvgIpc) is 2.78. The number of aromatic nitrogens is 1. The van der Waals surface area contributed by atoms with Crippen molar-refractivity contribution >= 4 is 17.5 Å². The van der Waals surface area contributed by atoms with Gasteiger partial charge in [0.2, 0.25) is 11.8 Å². The number of amides is 2. The van der Waals surface area contributed by atoms with Gasteiger partial charge in [-0.2, -0.15) is 0 Å². The first-order chi connectivity index (χ1) is 15.6. The summed E-state index contributed by atoms with van der Waals surface area (Å²) < 4.78 is 0. The summed E-state index contributed by atoms with van der Waals surface area (Å²) in [7, 11) is 0. The number of nitrogens with zero attached hydrogens (tertiary/aromatic N) is 4. The Labute approximate surface area is 190 Å². The minimum atomic E-state index is -0.574. The van der Waals surface area contributed by atoms with Crippen LogP contribution >= 0.6 is 0 Å². The van der Waals surface area contributed by atoms with E-state index >= 15 is 0 Å². The molecule has 168 valence electrons. The lowest BCUT2D eigenvalue weighted by Gasteiger charge is -2.53. The van der Waals surface area contributed by atoms with Crippen LogP contribution < -0.4 is 4.90 Å². The molecule has 1 saturated carbocycles. The van der Waals surface area contributed by atoms with Crippen LogP contribution in [0.5, 0.6) is 0 Å². The van der Waals surface area contributed by atoms with Crippen LogP contribution in [0.25, 0.3) is 0 Å². The lowest BCUT2D eigenvalue weighted by Crippen LogP contribution is -2.69. The van der Waals surface area contributed by atoms with Crippen molar-refractivity contribution in [1.82, 2.24) is 14.8 Å². The largest absolute Gasteiger partial charge is 0.342 e. The second kappa shape index (κ2) is 8.66. The number of anilines is 1. The number of carbonyl (C=O) groups excluding carboxylic acids is 2. The van der Waals surface area contributed by atoms with E-state index in [1.165, 1.54) is 5.56 Å². The Hall–Kier alpha value is -2.73. The van der Waals surface area contributed by atoms with Gasteiger partial charge in [-0.15, -0.1) is 0 Å². The molecule has 1 aromatic carbocycles. The quantitative estimate of drug-likeness (QED) is 0.743. The number of piperazine rings is 1. The number of rotatable bonds is 4. The van der Waals surface area contributed by atoms with E-state index in [9.17, 15) is 9.59 Å². The van der Waals surface area contributed by atoms with Crippen LogP contribution in [0.15, 0.2) is 48.7 Å². The highest BCUT2D eigenvalue weighted by atomic mass is 16.2. The molecule has 0 N–H and O–H groups in total. The van der Waals surface area contributed by atoms with E-state index in [0.29, 0.717) is 38.4 Å². The third-order valence-electron chi connectivity index (χ3n) is 7.62.